The number of carbonyl (C=O) groups is 1. The number of hydrogen-bond acceptors (Lipinski definition) is 2. The first-order valence-electron chi connectivity index (χ1n) is 6.36. The Bertz CT molecular complexity index is 600. The Labute approximate surface area is 113 Å². The van der Waals surface area contributed by atoms with Crippen LogP contribution in [0.3, 0.4) is 0 Å². The summed E-state index contributed by atoms with van der Waals surface area (Å²) in [6.07, 6.45) is 4.48. The van der Waals surface area contributed by atoms with Crippen molar-refractivity contribution in [2.45, 2.75) is 13.3 Å². The molecule has 2 nitrogen and oxygen atoms in total. The quantitative estimate of drug-likeness (QED) is 0.506. The van der Waals surface area contributed by atoms with Crippen molar-refractivity contribution in [1.29, 1.82) is 0 Å². The lowest BCUT2D eigenvalue weighted by atomic mass is 10.0. The second-order valence-corrected chi connectivity index (χ2v) is 4.37. The van der Waals surface area contributed by atoms with Gasteiger partial charge in [-0.05, 0) is 23.3 Å². The van der Waals surface area contributed by atoms with E-state index in [0.29, 0.717) is 17.7 Å². The van der Waals surface area contributed by atoms with Crippen molar-refractivity contribution in [3.63, 3.8) is 0 Å². The molecule has 2 heteroatoms. The molecule has 0 aliphatic carbocycles. The van der Waals surface area contributed by atoms with Gasteiger partial charge in [-0.25, -0.2) is 0 Å². The van der Waals surface area contributed by atoms with E-state index in [0.717, 1.165) is 11.1 Å². The van der Waals surface area contributed by atoms with E-state index in [4.69, 9.17) is 5.73 Å². The average molecular weight is 251 g/mol. The van der Waals surface area contributed by atoms with Crippen LogP contribution in [0.2, 0.25) is 0 Å². The Balaban J connectivity index is 2.27. The fourth-order valence-corrected chi connectivity index (χ4v) is 1.87. The molecule has 2 aromatic carbocycles. The van der Waals surface area contributed by atoms with Crippen LogP contribution in [-0.2, 0) is 0 Å². The minimum absolute atomic E-state index is 0.0764. The van der Waals surface area contributed by atoms with Gasteiger partial charge >= 0.3 is 0 Å². The van der Waals surface area contributed by atoms with Crippen molar-refractivity contribution in [1.82, 2.24) is 0 Å². The van der Waals surface area contributed by atoms with Gasteiger partial charge in [0, 0.05) is 17.7 Å². The van der Waals surface area contributed by atoms with E-state index in [1.54, 1.807) is 6.07 Å². The van der Waals surface area contributed by atoms with E-state index < -0.39 is 0 Å². The second kappa shape index (κ2) is 6.01. The number of benzene rings is 2. The van der Waals surface area contributed by atoms with Gasteiger partial charge in [-0.15, -0.1) is 0 Å². The Morgan fingerprint density at radius 2 is 1.74 bits per heavy atom. The molecule has 0 atom stereocenters. The first-order valence-corrected chi connectivity index (χ1v) is 6.36. The predicted octanol–water partition coefficient (Wildman–Crippen LogP) is 4.03. The standard InChI is InChI=1S/C17H17NO/c1-2-17(19)15-12-14(10-11-16(15)18)9-8-13-6-4-3-5-7-13/h3-12H,2,18H2,1H3/b9-8+. The molecule has 96 valence electrons. The molecule has 0 unspecified atom stereocenters. The molecule has 19 heavy (non-hydrogen) atoms. The van der Waals surface area contributed by atoms with Crippen molar-refractivity contribution < 1.29 is 4.79 Å². The maximum absolute atomic E-state index is 11.8. The van der Waals surface area contributed by atoms with E-state index in [1.807, 2.05) is 61.5 Å². The molecule has 2 aromatic rings. The third-order valence-electron chi connectivity index (χ3n) is 2.97. The molecule has 0 fully saturated rings. The molecule has 0 bridgehead atoms. The number of nitrogen functional groups attached to an aromatic ring is 1. The summed E-state index contributed by atoms with van der Waals surface area (Å²) in [4.78, 5) is 11.8. The molecule has 0 saturated heterocycles. The second-order valence-electron chi connectivity index (χ2n) is 4.37. The van der Waals surface area contributed by atoms with Gasteiger partial charge in [0.2, 0.25) is 0 Å². The molecule has 0 saturated carbocycles. The zero-order chi connectivity index (χ0) is 13.7. The normalized spacial score (nSPS) is 10.8. The lowest BCUT2D eigenvalue weighted by molar-refractivity contribution is 0.0989. The molecule has 0 aromatic heterocycles. The maximum atomic E-state index is 11.8. The smallest absolute Gasteiger partial charge is 0.164 e. The van der Waals surface area contributed by atoms with Crippen LogP contribution >= 0.6 is 0 Å². The molecule has 0 aliphatic rings. The van der Waals surface area contributed by atoms with E-state index in [-0.39, 0.29) is 5.78 Å². The fourth-order valence-electron chi connectivity index (χ4n) is 1.87. The van der Waals surface area contributed by atoms with Gasteiger partial charge in [-0.3, -0.25) is 4.79 Å². The van der Waals surface area contributed by atoms with Crippen LogP contribution in [0, 0.1) is 0 Å². The summed E-state index contributed by atoms with van der Waals surface area (Å²) in [5, 5.41) is 0. The molecule has 0 amide bonds. The summed E-state index contributed by atoms with van der Waals surface area (Å²) in [6, 6.07) is 15.6. The van der Waals surface area contributed by atoms with Crippen molar-refractivity contribution >= 4 is 23.6 Å². The van der Waals surface area contributed by atoms with Crippen LogP contribution in [-0.4, -0.2) is 5.78 Å². The minimum Gasteiger partial charge on any atom is -0.398 e. The third kappa shape index (κ3) is 3.32. The lowest BCUT2D eigenvalue weighted by Crippen LogP contribution is -2.02. The molecule has 0 radical (unpaired) electrons. The third-order valence-corrected chi connectivity index (χ3v) is 2.97. The van der Waals surface area contributed by atoms with Crippen molar-refractivity contribution in [3.05, 3.63) is 65.2 Å². The summed E-state index contributed by atoms with van der Waals surface area (Å²) < 4.78 is 0. The number of hydrogen-bond donors (Lipinski definition) is 1. The van der Waals surface area contributed by atoms with Crippen LogP contribution in [0.15, 0.2) is 48.5 Å². The molecule has 2 N–H and O–H groups in total. The zero-order valence-corrected chi connectivity index (χ0v) is 11.0. The molecule has 0 spiro atoms. The van der Waals surface area contributed by atoms with Gasteiger partial charge < -0.3 is 5.73 Å². The summed E-state index contributed by atoms with van der Waals surface area (Å²) in [5.41, 5.74) is 9.09. The van der Waals surface area contributed by atoms with E-state index >= 15 is 0 Å². The van der Waals surface area contributed by atoms with Gasteiger partial charge in [-0.2, -0.15) is 0 Å². The number of nitrogens with two attached hydrogens (primary N) is 1. The number of ketones is 1. The highest BCUT2D eigenvalue weighted by atomic mass is 16.1. The number of carbonyl (C=O) groups excluding carboxylic acids is 1. The van der Waals surface area contributed by atoms with Crippen molar-refractivity contribution in [2.75, 3.05) is 5.73 Å². The molecular weight excluding hydrogens is 234 g/mol. The first kappa shape index (κ1) is 13.1. The number of anilines is 1. The Hall–Kier alpha value is -2.35. The minimum atomic E-state index is 0.0764. The Morgan fingerprint density at radius 1 is 1.05 bits per heavy atom. The Morgan fingerprint density at radius 3 is 2.42 bits per heavy atom. The van der Waals surface area contributed by atoms with Crippen molar-refractivity contribution in [3.8, 4) is 0 Å². The molecule has 2 rings (SSSR count). The molecule has 0 aliphatic heterocycles. The first-order chi connectivity index (χ1) is 9.20. The summed E-state index contributed by atoms with van der Waals surface area (Å²) in [6.45, 7) is 1.84. The van der Waals surface area contributed by atoms with Gasteiger partial charge in [-0.1, -0.05) is 55.5 Å². The molecule has 0 heterocycles. The van der Waals surface area contributed by atoms with E-state index in [2.05, 4.69) is 0 Å². The number of Topliss-reactive ketones (excluding diaryl/α,β-unsaturated/α-hetero) is 1. The van der Waals surface area contributed by atoms with Gasteiger partial charge in [0.1, 0.15) is 0 Å². The Kier molecular flexibility index (Phi) is 4.14. The highest BCUT2D eigenvalue weighted by molar-refractivity contribution is 6.01. The number of rotatable bonds is 4. The fraction of sp³-hybridized carbons (Fsp3) is 0.118. The summed E-state index contributed by atoms with van der Waals surface area (Å²) in [7, 11) is 0. The van der Waals surface area contributed by atoms with E-state index in [9.17, 15) is 4.79 Å². The lowest BCUT2D eigenvalue weighted by Gasteiger charge is -2.04. The van der Waals surface area contributed by atoms with Gasteiger partial charge in [0.15, 0.2) is 5.78 Å². The zero-order valence-electron chi connectivity index (χ0n) is 11.0. The largest absolute Gasteiger partial charge is 0.398 e. The highest BCUT2D eigenvalue weighted by Gasteiger charge is 2.07. The topological polar surface area (TPSA) is 43.1 Å². The highest BCUT2D eigenvalue weighted by Crippen LogP contribution is 2.18. The van der Waals surface area contributed by atoms with Crippen LogP contribution in [0.4, 0.5) is 5.69 Å². The predicted molar refractivity (Wildman–Crippen MR) is 80.8 cm³/mol. The molecular formula is C17H17NO. The van der Waals surface area contributed by atoms with Gasteiger partial charge in [0.25, 0.3) is 0 Å². The van der Waals surface area contributed by atoms with E-state index in [1.165, 1.54) is 0 Å². The monoisotopic (exact) mass is 251 g/mol. The van der Waals surface area contributed by atoms with Gasteiger partial charge in [0.05, 0.1) is 0 Å². The SMILES string of the molecule is CCC(=O)c1cc(/C=C/c2ccccc2)ccc1N. The maximum Gasteiger partial charge on any atom is 0.164 e. The summed E-state index contributed by atoms with van der Waals surface area (Å²) in [5.74, 6) is 0.0764. The average Bonchev–Trinajstić information content (AvgIpc) is 2.46. The summed E-state index contributed by atoms with van der Waals surface area (Å²) >= 11 is 0. The van der Waals surface area contributed by atoms with Crippen LogP contribution in [0.1, 0.15) is 34.8 Å². The van der Waals surface area contributed by atoms with Crippen molar-refractivity contribution in [2.24, 2.45) is 0 Å². The van der Waals surface area contributed by atoms with Crippen LogP contribution in [0.5, 0.6) is 0 Å². The van der Waals surface area contributed by atoms with Crippen LogP contribution < -0.4 is 5.73 Å². The van der Waals surface area contributed by atoms with Crippen LogP contribution in [0.25, 0.3) is 12.2 Å².